The molecular formula is C13H16FNO3. The van der Waals surface area contributed by atoms with Crippen molar-refractivity contribution in [2.24, 2.45) is 0 Å². The van der Waals surface area contributed by atoms with Gasteiger partial charge in [-0.05, 0) is 24.6 Å². The maximum absolute atomic E-state index is 13.1. The molecule has 0 bridgehead atoms. The topological polar surface area (TPSA) is 58.6 Å². The standard InChI is InChI=1S/C13H16FNO3/c1-9-2-3-10(14)6-11(9)12(16)15-7-13(17)4-5-18-8-13/h2-3,6,17H,4-5,7-8H2,1H3,(H,15,16). The molecule has 2 rings (SSSR count). The van der Waals surface area contributed by atoms with Crippen LogP contribution in [-0.4, -0.2) is 36.4 Å². The van der Waals surface area contributed by atoms with Crippen LogP contribution in [0.5, 0.6) is 0 Å². The number of carbonyl (C=O) groups is 1. The molecule has 0 aromatic heterocycles. The number of ether oxygens (including phenoxy) is 1. The highest BCUT2D eigenvalue weighted by molar-refractivity contribution is 5.95. The number of carbonyl (C=O) groups excluding carboxylic acids is 1. The quantitative estimate of drug-likeness (QED) is 0.845. The lowest BCUT2D eigenvalue weighted by Gasteiger charge is -2.20. The molecular weight excluding hydrogens is 237 g/mol. The van der Waals surface area contributed by atoms with E-state index in [0.29, 0.717) is 18.6 Å². The summed E-state index contributed by atoms with van der Waals surface area (Å²) in [6.07, 6.45) is 0.495. The lowest BCUT2D eigenvalue weighted by Crippen LogP contribution is -2.43. The average Bonchev–Trinajstić information content (AvgIpc) is 2.77. The van der Waals surface area contributed by atoms with Gasteiger partial charge in [-0.2, -0.15) is 0 Å². The predicted octanol–water partition coefficient (Wildman–Crippen LogP) is 1.02. The first-order valence-corrected chi connectivity index (χ1v) is 5.85. The van der Waals surface area contributed by atoms with Crippen molar-refractivity contribution in [2.45, 2.75) is 18.9 Å². The van der Waals surface area contributed by atoms with Gasteiger partial charge in [-0.1, -0.05) is 6.07 Å². The van der Waals surface area contributed by atoms with Gasteiger partial charge in [0.15, 0.2) is 0 Å². The number of benzene rings is 1. The Morgan fingerprint density at radius 2 is 2.39 bits per heavy atom. The van der Waals surface area contributed by atoms with E-state index >= 15 is 0 Å². The van der Waals surface area contributed by atoms with Gasteiger partial charge in [0.1, 0.15) is 11.4 Å². The van der Waals surface area contributed by atoms with Crippen LogP contribution < -0.4 is 5.32 Å². The molecule has 0 radical (unpaired) electrons. The van der Waals surface area contributed by atoms with E-state index in [0.717, 1.165) is 0 Å². The molecule has 1 aromatic carbocycles. The molecule has 2 N–H and O–H groups in total. The lowest BCUT2D eigenvalue weighted by atomic mass is 10.0. The van der Waals surface area contributed by atoms with Gasteiger partial charge in [0.05, 0.1) is 6.61 Å². The fraction of sp³-hybridized carbons (Fsp3) is 0.462. The fourth-order valence-corrected chi connectivity index (χ4v) is 1.91. The number of halogens is 1. The Bertz CT molecular complexity index is 456. The SMILES string of the molecule is Cc1ccc(F)cc1C(=O)NCC1(O)CCOC1. The minimum Gasteiger partial charge on any atom is -0.386 e. The zero-order valence-electron chi connectivity index (χ0n) is 10.2. The predicted molar refractivity (Wildman–Crippen MR) is 63.9 cm³/mol. The van der Waals surface area contributed by atoms with Crippen molar-refractivity contribution >= 4 is 5.91 Å². The monoisotopic (exact) mass is 253 g/mol. The highest BCUT2D eigenvalue weighted by Crippen LogP contribution is 2.17. The average molecular weight is 253 g/mol. The Labute approximate surface area is 105 Å². The third kappa shape index (κ3) is 2.86. The lowest BCUT2D eigenvalue weighted by molar-refractivity contribution is 0.0264. The van der Waals surface area contributed by atoms with Crippen LogP contribution >= 0.6 is 0 Å². The van der Waals surface area contributed by atoms with Crippen molar-refractivity contribution in [3.05, 3.63) is 35.1 Å². The van der Waals surface area contributed by atoms with E-state index in [9.17, 15) is 14.3 Å². The third-order valence-electron chi connectivity index (χ3n) is 3.10. The second-order valence-electron chi connectivity index (χ2n) is 4.67. The molecule has 5 heteroatoms. The summed E-state index contributed by atoms with van der Waals surface area (Å²) in [5.74, 6) is -0.832. The molecule has 1 aliphatic rings. The van der Waals surface area contributed by atoms with E-state index in [2.05, 4.69) is 5.32 Å². The van der Waals surface area contributed by atoms with Gasteiger partial charge in [0.2, 0.25) is 0 Å². The zero-order valence-corrected chi connectivity index (χ0v) is 10.2. The van der Waals surface area contributed by atoms with Crippen LogP contribution in [0.1, 0.15) is 22.3 Å². The Hall–Kier alpha value is -1.46. The molecule has 1 heterocycles. The number of amides is 1. The molecule has 1 aliphatic heterocycles. The molecule has 1 amide bonds. The van der Waals surface area contributed by atoms with Gasteiger partial charge in [-0.25, -0.2) is 4.39 Å². The molecule has 1 fully saturated rings. The minimum absolute atomic E-state index is 0.113. The zero-order chi connectivity index (χ0) is 13.2. The summed E-state index contributed by atoms with van der Waals surface area (Å²) in [7, 11) is 0. The van der Waals surface area contributed by atoms with Crippen molar-refractivity contribution in [1.29, 1.82) is 0 Å². The van der Waals surface area contributed by atoms with Crippen molar-refractivity contribution in [3.63, 3.8) is 0 Å². The largest absolute Gasteiger partial charge is 0.386 e. The van der Waals surface area contributed by atoms with Crippen LogP contribution in [0.3, 0.4) is 0 Å². The molecule has 1 saturated heterocycles. The normalized spacial score (nSPS) is 23.1. The van der Waals surface area contributed by atoms with E-state index < -0.39 is 11.4 Å². The third-order valence-corrected chi connectivity index (χ3v) is 3.10. The Kier molecular flexibility index (Phi) is 3.63. The summed E-state index contributed by atoms with van der Waals surface area (Å²) in [5.41, 5.74) is -0.0160. The number of rotatable bonds is 3. The number of nitrogens with one attached hydrogen (secondary N) is 1. The highest BCUT2D eigenvalue weighted by Gasteiger charge is 2.32. The Morgan fingerprint density at radius 3 is 3.06 bits per heavy atom. The second-order valence-corrected chi connectivity index (χ2v) is 4.67. The van der Waals surface area contributed by atoms with Gasteiger partial charge in [0, 0.05) is 25.1 Å². The Morgan fingerprint density at radius 1 is 1.61 bits per heavy atom. The van der Waals surface area contributed by atoms with Gasteiger partial charge in [0.25, 0.3) is 5.91 Å². The molecule has 1 unspecified atom stereocenters. The molecule has 0 spiro atoms. The number of hydrogen-bond acceptors (Lipinski definition) is 3. The maximum Gasteiger partial charge on any atom is 0.251 e. The molecule has 0 aliphatic carbocycles. The van der Waals surface area contributed by atoms with Crippen LogP contribution in [0.15, 0.2) is 18.2 Å². The maximum atomic E-state index is 13.1. The highest BCUT2D eigenvalue weighted by atomic mass is 19.1. The summed E-state index contributed by atoms with van der Waals surface area (Å²) in [6.45, 7) is 2.56. The first kappa shape index (κ1) is 13.0. The minimum atomic E-state index is -1.00. The molecule has 0 saturated carbocycles. The number of aryl methyl sites for hydroxylation is 1. The van der Waals surface area contributed by atoms with Crippen LogP contribution in [0.4, 0.5) is 4.39 Å². The summed E-state index contributed by atoms with van der Waals surface area (Å²) in [6, 6.07) is 4.06. The van der Waals surface area contributed by atoms with Crippen LogP contribution in [0.25, 0.3) is 0 Å². The summed E-state index contributed by atoms with van der Waals surface area (Å²) >= 11 is 0. The van der Waals surface area contributed by atoms with Gasteiger partial charge in [-0.3, -0.25) is 4.79 Å². The van der Waals surface area contributed by atoms with Crippen molar-refractivity contribution in [3.8, 4) is 0 Å². The Balaban J connectivity index is 2.01. The van der Waals surface area contributed by atoms with E-state index in [4.69, 9.17) is 4.74 Å². The molecule has 1 atom stereocenters. The first-order chi connectivity index (χ1) is 8.50. The summed E-state index contributed by atoms with van der Waals surface area (Å²) in [4.78, 5) is 11.9. The summed E-state index contributed by atoms with van der Waals surface area (Å²) < 4.78 is 18.2. The van der Waals surface area contributed by atoms with E-state index in [1.165, 1.54) is 12.1 Å². The van der Waals surface area contributed by atoms with Crippen molar-refractivity contribution in [2.75, 3.05) is 19.8 Å². The van der Waals surface area contributed by atoms with Crippen LogP contribution in [0.2, 0.25) is 0 Å². The fourth-order valence-electron chi connectivity index (χ4n) is 1.91. The number of hydrogen-bond donors (Lipinski definition) is 2. The second kappa shape index (κ2) is 5.04. The molecule has 18 heavy (non-hydrogen) atoms. The van der Waals surface area contributed by atoms with E-state index in [1.807, 2.05) is 0 Å². The molecule has 98 valence electrons. The first-order valence-electron chi connectivity index (χ1n) is 5.85. The van der Waals surface area contributed by atoms with E-state index in [-0.39, 0.29) is 24.6 Å². The van der Waals surface area contributed by atoms with Gasteiger partial charge in [-0.15, -0.1) is 0 Å². The van der Waals surface area contributed by atoms with Crippen LogP contribution in [0, 0.1) is 12.7 Å². The van der Waals surface area contributed by atoms with Gasteiger partial charge < -0.3 is 15.2 Å². The smallest absolute Gasteiger partial charge is 0.251 e. The number of aliphatic hydroxyl groups is 1. The van der Waals surface area contributed by atoms with Gasteiger partial charge >= 0.3 is 0 Å². The molecule has 4 nitrogen and oxygen atoms in total. The van der Waals surface area contributed by atoms with Crippen LogP contribution in [-0.2, 0) is 4.74 Å². The van der Waals surface area contributed by atoms with Crippen molar-refractivity contribution < 1.29 is 19.0 Å². The van der Waals surface area contributed by atoms with E-state index in [1.54, 1.807) is 13.0 Å². The molecule has 1 aromatic rings. The van der Waals surface area contributed by atoms with Crippen molar-refractivity contribution in [1.82, 2.24) is 5.32 Å². The summed E-state index contributed by atoms with van der Waals surface area (Å²) in [5, 5.41) is 12.6.